The molecule has 0 saturated carbocycles. The maximum atomic E-state index is 12.7. The lowest BCUT2D eigenvalue weighted by Crippen LogP contribution is -2.23. The average molecular weight is 395 g/mol. The Morgan fingerprint density at radius 2 is 1.71 bits per heavy atom. The van der Waals surface area contributed by atoms with Crippen LogP contribution < -0.4 is 24.3 Å². The number of fused-ring (bicyclic) bond motifs is 1. The highest BCUT2D eigenvalue weighted by molar-refractivity contribution is 7.15. The van der Waals surface area contributed by atoms with Gasteiger partial charge in [0.1, 0.15) is 5.75 Å². The Kier molecular flexibility index (Phi) is 4.70. The first-order valence-corrected chi connectivity index (χ1v) is 9.22. The Morgan fingerprint density at radius 1 is 0.964 bits per heavy atom. The van der Waals surface area contributed by atoms with Gasteiger partial charge in [0.25, 0.3) is 5.56 Å². The predicted molar refractivity (Wildman–Crippen MR) is 107 cm³/mol. The largest absolute Gasteiger partial charge is 0.497 e. The first-order valence-electron chi connectivity index (χ1n) is 8.40. The maximum Gasteiger partial charge on any atom is 0.291 e. The van der Waals surface area contributed by atoms with Gasteiger partial charge in [-0.15, -0.1) is 5.10 Å². The minimum atomic E-state index is -0.199. The lowest BCUT2D eigenvalue weighted by atomic mass is 10.2. The summed E-state index contributed by atoms with van der Waals surface area (Å²) in [6, 6.07) is 12.9. The molecule has 0 aliphatic rings. The fourth-order valence-electron chi connectivity index (χ4n) is 2.78. The number of nitrogens with zero attached hydrogens (tertiary/aromatic N) is 3. The Hall–Kier alpha value is -3.39. The van der Waals surface area contributed by atoms with E-state index in [1.54, 1.807) is 33.5 Å². The van der Waals surface area contributed by atoms with Crippen LogP contribution in [0.4, 0.5) is 0 Å². The van der Waals surface area contributed by atoms with Gasteiger partial charge in [0.05, 0.1) is 25.9 Å². The minimum absolute atomic E-state index is 0.199. The molecule has 0 saturated heterocycles. The highest BCUT2D eigenvalue weighted by Gasteiger charge is 2.14. The number of rotatable bonds is 5. The van der Waals surface area contributed by atoms with E-state index in [4.69, 9.17) is 14.2 Å². The summed E-state index contributed by atoms with van der Waals surface area (Å²) in [6.07, 6.45) is 1.82. The number of ether oxygens (including phenoxy) is 3. The van der Waals surface area contributed by atoms with Crippen molar-refractivity contribution in [2.45, 2.75) is 0 Å². The zero-order valence-corrected chi connectivity index (χ0v) is 16.3. The quantitative estimate of drug-likeness (QED) is 0.517. The van der Waals surface area contributed by atoms with Crippen LogP contribution in [0.2, 0.25) is 0 Å². The molecule has 142 valence electrons. The molecule has 0 fully saturated rings. The van der Waals surface area contributed by atoms with Crippen molar-refractivity contribution in [1.82, 2.24) is 14.6 Å². The van der Waals surface area contributed by atoms with Gasteiger partial charge < -0.3 is 14.2 Å². The van der Waals surface area contributed by atoms with Crippen LogP contribution >= 0.6 is 11.3 Å². The molecule has 0 unspecified atom stereocenters. The second kappa shape index (κ2) is 7.32. The normalized spacial score (nSPS) is 11.8. The molecule has 2 heterocycles. The van der Waals surface area contributed by atoms with Gasteiger partial charge in [0.15, 0.2) is 17.3 Å². The molecule has 0 spiro atoms. The van der Waals surface area contributed by atoms with Crippen LogP contribution in [-0.4, -0.2) is 35.9 Å². The average Bonchev–Trinajstić information content (AvgIpc) is 3.27. The second-order valence-electron chi connectivity index (χ2n) is 5.89. The van der Waals surface area contributed by atoms with Crippen molar-refractivity contribution in [2.75, 3.05) is 21.3 Å². The van der Waals surface area contributed by atoms with Gasteiger partial charge in [-0.25, -0.2) is 0 Å². The van der Waals surface area contributed by atoms with Crippen LogP contribution in [0, 0.1) is 0 Å². The van der Waals surface area contributed by atoms with Gasteiger partial charge in [0.2, 0.25) is 4.96 Å². The van der Waals surface area contributed by atoms with Crippen LogP contribution in [-0.2, 0) is 0 Å². The van der Waals surface area contributed by atoms with Crippen LogP contribution in [0.25, 0.3) is 22.4 Å². The van der Waals surface area contributed by atoms with Crippen molar-refractivity contribution in [3.63, 3.8) is 0 Å². The van der Waals surface area contributed by atoms with Crippen molar-refractivity contribution in [1.29, 1.82) is 0 Å². The number of aromatic nitrogens is 3. The van der Waals surface area contributed by atoms with E-state index in [1.165, 1.54) is 15.9 Å². The van der Waals surface area contributed by atoms with Crippen LogP contribution in [0.5, 0.6) is 17.2 Å². The molecule has 0 bridgehead atoms. The predicted octanol–water partition coefficient (Wildman–Crippen LogP) is 2.39. The monoisotopic (exact) mass is 395 g/mol. The smallest absolute Gasteiger partial charge is 0.291 e. The Morgan fingerprint density at radius 3 is 2.36 bits per heavy atom. The van der Waals surface area contributed by atoms with E-state index in [-0.39, 0.29) is 5.56 Å². The second-order valence-corrected chi connectivity index (χ2v) is 6.90. The molecule has 7 nitrogen and oxygen atoms in total. The SMILES string of the molecule is COc1ccc(/C=c2/sc3nc(-c4ccc(OC)c(OC)c4)nn3c2=O)cc1. The summed E-state index contributed by atoms with van der Waals surface area (Å²) in [5.41, 5.74) is 1.45. The molecular weight excluding hydrogens is 378 g/mol. The lowest BCUT2D eigenvalue weighted by molar-refractivity contribution is 0.355. The third-order valence-corrected chi connectivity index (χ3v) is 5.20. The van der Waals surface area contributed by atoms with E-state index in [0.29, 0.717) is 26.8 Å². The number of thiazole rings is 1. The molecule has 0 aliphatic carbocycles. The van der Waals surface area contributed by atoms with Crippen molar-refractivity contribution < 1.29 is 14.2 Å². The van der Waals surface area contributed by atoms with Gasteiger partial charge in [-0.1, -0.05) is 23.5 Å². The molecule has 0 atom stereocenters. The van der Waals surface area contributed by atoms with Crippen molar-refractivity contribution in [2.24, 2.45) is 0 Å². The van der Waals surface area contributed by atoms with Crippen LogP contribution in [0.1, 0.15) is 5.56 Å². The van der Waals surface area contributed by atoms with Gasteiger partial charge in [-0.2, -0.15) is 9.50 Å². The molecule has 8 heteroatoms. The zero-order chi connectivity index (χ0) is 19.7. The number of benzene rings is 2. The highest BCUT2D eigenvalue weighted by atomic mass is 32.1. The maximum absolute atomic E-state index is 12.7. The van der Waals surface area contributed by atoms with Gasteiger partial charge >= 0.3 is 0 Å². The summed E-state index contributed by atoms with van der Waals surface area (Å²) in [4.78, 5) is 17.7. The summed E-state index contributed by atoms with van der Waals surface area (Å²) in [5.74, 6) is 2.42. The molecule has 0 radical (unpaired) electrons. The number of hydrogen-bond acceptors (Lipinski definition) is 7. The Labute approximate surface area is 164 Å². The number of hydrogen-bond donors (Lipinski definition) is 0. The molecule has 2 aromatic carbocycles. The fourth-order valence-corrected chi connectivity index (χ4v) is 3.69. The standard InChI is InChI=1S/C20H17N3O4S/c1-25-14-7-4-12(5-8-14)10-17-19(24)23-20(28-17)21-18(22-23)13-6-9-15(26-2)16(11-13)27-3/h4-11H,1-3H3/b17-10+. The van der Waals surface area contributed by atoms with Gasteiger partial charge in [0, 0.05) is 5.56 Å². The first kappa shape index (κ1) is 18.0. The van der Waals surface area contributed by atoms with Gasteiger partial charge in [-0.3, -0.25) is 4.79 Å². The topological polar surface area (TPSA) is 74.9 Å². The summed E-state index contributed by atoms with van der Waals surface area (Å²) < 4.78 is 17.6. The summed E-state index contributed by atoms with van der Waals surface area (Å²) in [7, 11) is 4.76. The molecule has 2 aromatic heterocycles. The van der Waals surface area contributed by atoms with E-state index in [0.717, 1.165) is 16.9 Å². The first-order chi connectivity index (χ1) is 13.6. The van der Waals surface area contributed by atoms with E-state index >= 15 is 0 Å². The highest BCUT2D eigenvalue weighted by Crippen LogP contribution is 2.31. The third-order valence-electron chi connectivity index (χ3n) is 4.24. The molecule has 4 rings (SSSR count). The molecule has 0 aliphatic heterocycles. The van der Waals surface area contributed by atoms with Gasteiger partial charge in [-0.05, 0) is 42.0 Å². The summed E-state index contributed by atoms with van der Waals surface area (Å²) in [6.45, 7) is 0. The molecule has 28 heavy (non-hydrogen) atoms. The lowest BCUT2D eigenvalue weighted by Gasteiger charge is -2.07. The Balaban J connectivity index is 1.74. The summed E-state index contributed by atoms with van der Waals surface area (Å²) in [5, 5.41) is 4.37. The fraction of sp³-hybridized carbons (Fsp3) is 0.150. The molecule has 4 aromatic rings. The van der Waals surface area contributed by atoms with Crippen molar-refractivity contribution >= 4 is 22.4 Å². The number of methoxy groups -OCH3 is 3. The minimum Gasteiger partial charge on any atom is -0.497 e. The van der Waals surface area contributed by atoms with Crippen LogP contribution in [0.3, 0.4) is 0 Å². The van der Waals surface area contributed by atoms with E-state index in [9.17, 15) is 4.79 Å². The zero-order valence-electron chi connectivity index (χ0n) is 15.5. The van der Waals surface area contributed by atoms with Crippen molar-refractivity contribution in [3.05, 3.63) is 62.9 Å². The molecular formula is C20H17N3O4S. The van der Waals surface area contributed by atoms with E-state index in [2.05, 4.69) is 10.1 Å². The molecule has 0 amide bonds. The molecule has 0 N–H and O–H groups in total. The van der Waals surface area contributed by atoms with Crippen molar-refractivity contribution in [3.8, 4) is 28.6 Å². The van der Waals surface area contributed by atoms with Crippen LogP contribution in [0.15, 0.2) is 47.3 Å². The Bertz CT molecular complexity index is 1250. The summed E-state index contributed by atoms with van der Waals surface area (Å²) >= 11 is 1.30. The third kappa shape index (κ3) is 3.18. The van der Waals surface area contributed by atoms with E-state index < -0.39 is 0 Å². The van der Waals surface area contributed by atoms with E-state index in [1.807, 2.05) is 36.4 Å².